The second kappa shape index (κ2) is 7.57. The molecular formula is C20H17FN2O2. The van der Waals surface area contributed by atoms with Crippen LogP contribution in [0.3, 0.4) is 0 Å². The van der Waals surface area contributed by atoms with Crippen molar-refractivity contribution in [1.82, 2.24) is 10.3 Å². The maximum Gasteiger partial charge on any atom is 0.255 e. The lowest BCUT2D eigenvalue weighted by Crippen LogP contribution is -2.27. The first-order valence-electron chi connectivity index (χ1n) is 7.95. The van der Waals surface area contributed by atoms with Crippen LogP contribution in [0.25, 0.3) is 11.1 Å². The molecule has 2 N–H and O–H groups in total. The van der Waals surface area contributed by atoms with Gasteiger partial charge < -0.3 is 10.3 Å². The Morgan fingerprint density at radius 3 is 2.52 bits per heavy atom. The lowest BCUT2D eigenvalue weighted by Gasteiger charge is -2.07. The molecule has 0 bridgehead atoms. The van der Waals surface area contributed by atoms with Gasteiger partial charge in [0.1, 0.15) is 5.82 Å². The lowest BCUT2D eigenvalue weighted by atomic mass is 10.1. The summed E-state index contributed by atoms with van der Waals surface area (Å²) in [7, 11) is 0. The number of aromatic amines is 1. The van der Waals surface area contributed by atoms with Gasteiger partial charge in [0.25, 0.3) is 11.5 Å². The van der Waals surface area contributed by atoms with Crippen molar-refractivity contribution in [2.24, 2.45) is 0 Å². The van der Waals surface area contributed by atoms with Crippen LogP contribution in [-0.4, -0.2) is 17.4 Å². The third-order valence-electron chi connectivity index (χ3n) is 3.89. The van der Waals surface area contributed by atoms with Crippen molar-refractivity contribution in [2.75, 3.05) is 6.54 Å². The number of carbonyl (C=O) groups is 1. The van der Waals surface area contributed by atoms with Crippen molar-refractivity contribution >= 4 is 5.91 Å². The van der Waals surface area contributed by atoms with E-state index in [9.17, 15) is 14.0 Å². The minimum absolute atomic E-state index is 0.255. The van der Waals surface area contributed by atoms with E-state index in [0.29, 0.717) is 29.7 Å². The third kappa shape index (κ3) is 4.01. The Hall–Kier alpha value is -3.21. The number of hydrogen-bond acceptors (Lipinski definition) is 2. The van der Waals surface area contributed by atoms with Gasteiger partial charge >= 0.3 is 0 Å². The molecule has 0 radical (unpaired) electrons. The van der Waals surface area contributed by atoms with Crippen LogP contribution in [0.2, 0.25) is 0 Å². The molecule has 1 aromatic heterocycles. The summed E-state index contributed by atoms with van der Waals surface area (Å²) in [4.78, 5) is 26.9. The molecule has 0 saturated heterocycles. The van der Waals surface area contributed by atoms with Gasteiger partial charge in [-0.1, -0.05) is 48.5 Å². The first-order valence-corrected chi connectivity index (χ1v) is 7.95. The highest BCUT2D eigenvalue weighted by Crippen LogP contribution is 2.15. The third-order valence-corrected chi connectivity index (χ3v) is 3.89. The van der Waals surface area contributed by atoms with E-state index in [1.807, 2.05) is 30.3 Å². The van der Waals surface area contributed by atoms with Crippen LogP contribution in [0.5, 0.6) is 0 Å². The molecule has 0 fully saturated rings. The second-order valence-electron chi connectivity index (χ2n) is 5.59. The van der Waals surface area contributed by atoms with Gasteiger partial charge in [0, 0.05) is 18.3 Å². The fourth-order valence-electron chi connectivity index (χ4n) is 2.56. The Kier molecular flexibility index (Phi) is 5.04. The number of benzene rings is 2. The molecule has 25 heavy (non-hydrogen) atoms. The molecule has 0 saturated carbocycles. The molecular weight excluding hydrogens is 319 g/mol. The zero-order valence-electron chi connectivity index (χ0n) is 13.5. The van der Waals surface area contributed by atoms with Crippen molar-refractivity contribution < 1.29 is 9.18 Å². The molecule has 2 aromatic carbocycles. The predicted octanol–water partition coefficient (Wildman–Crippen LogP) is 3.15. The minimum Gasteiger partial charge on any atom is -0.352 e. The van der Waals surface area contributed by atoms with E-state index in [1.165, 1.54) is 12.3 Å². The van der Waals surface area contributed by atoms with Crippen LogP contribution in [0.1, 0.15) is 15.9 Å². The smallest absolute Gasteiger partial charge is 0.255 e. The van der Waals surface area contributed by atoms with Crippen molar-refractivity contribution in [3.05, 3.63) is 94.2 Å². The maximum absolute atomic E-state index is 13.6. The number of H-pyrrole nitrogens is 1. The Morgan fingerprint density at radius 2 is 1.76 bits per heavy atom. The van der Waals surface area contributed by atoms with Crippen LogP contribution in [0.15, 0.2) is 71.7 Å². The Balaban J connectivity index is 1.70. The van der Waals surface area contributed by atoms with Gasteiger partial charge in [-0.15, -0.1) is 0 Å². The summed E-state index contributed by atoms with van der Waals surface area (Å²) >= 11 is 0. The van der Waals surface area contributed by atoms with Crippen LogP contribution < -0.4 is 10.9 Å². The summed E-state index contributed by atoms with van der Waals surface area (Å²) in [5.74, 6) is -0.600. The number of nitrogens with one attached hydrogen (secondary N) is 2. The summed E-state index contributed by atoms with van der Waals surface area (Å²) in [5.41, 5.74) is 1.82. The SMILES string of the molecule is O=C(NCCc1ccccc1F)c1c[nH]c(=O)c(-c2ccccc2)c1. The molecule has 1 amide bonds. The van der Waals surface area contributed by atoms with E-state index in [0.717, 1.165) is 5.56 Å². The zero-order chi connectivity index (χ0) is 17.6. The normalized spacial score (nSPS) is 10.4. The van der Waals surface area contributed by atoms with Crippen LogP contribution in [-0.2, 0) is 6.42 Å². The number of carbonyl (C=O) groups excluding carboxylic acids is 1. The maximum atomic E-state index is 13.6. The van der Waals surface area contributed by atoms with E-state index in [1.54, 1.807) is 24.3 Å². The van der Waals surface area contributed by atoms with Crippen molar-refractivity contribution in [3.8, 4) is 11.1 Å². The summed E-state index contributed by atoms with van der Waals surface area (Å²) in [6, 6.07) is 17.2. The average molecular weight is 336 g/mol. The van der Waals surface area contributed by atoms with Gasteiger partial charge in [0.2, 0.25) is 0 Å². The molecule has 0 aliphatic heterocycles. The fourth-order valence-corrected chi connectivity index (χ4v) is 2.56. The first-order chi connectivity index (χ1) is 12.1. The van der Waals surface area contributed by atoms with Crippen LogP contribution in [0.4, 0.5) is 4.39 Å². The zero-order valence-corrected chi connectivity index (χ0v) is 13.5. The number of rotatable bonds is 5. The van der Waals surface area contributed by atoms with Gasteiger partial charge in [0.05, 0.1) is 5.56 Å². The Morgan fingerprint density at radius 1 is 1.04 bits per heavy atom. The molecule has 0 atom stereocenters. The predicted molar refractivity (Wildman–Crippen MR) is 94.9 cm³/mol. The monoisotopic (exact) mass is 336 g/mol. The van der Waals surface area contributed by atoms with E-state index < -0.39 is 0 Å². The number of amides is 1. The highest BCUT2D eigenvalue weighted by Gasteiger charge is 2.10. The van der Waals surface area contributed by atoms with E-state index in [2.05, 4.69) is 10.3 Å². The summed E-state index contributed by atoms with van der Waals surface area (Å²) in [6.45, 7) is 0.305. The molecule has 0 aliphatic carbocycles. The fraction of sp³-hybridized carbons (Fsp3) is 0.100. The molecule has 1 heterocycles. The number of halogens is 1. The minimum atomic E-state index is -0.315. The number of hydrogen-bond donors (Lipinski definition) is 2. The average Bonchev–Trinajstić information content (AvgIpc) is 2.64. The van der Waals surface area contributed by atoms with Crippen molar-refractivity contribution in [1.29, 1.82) is 0 Å². The van der Waals surface area contributed by atoms with Crippen molar-refractivity contribution in [2.45, 2.75) is 6.42 Å². The molecule has 3 rings (SSSR count). The highest BCUT2D eigenvalue weighted by atomic mass is 19.1. The van der Waals surface area contributed by atoms with E-state index in [4.69, 9.17) is 0 Å². The van der Waals surface area contributed by atoms with Gasteiger partial charge in [-0.2, -0.15) is 0 Å². The quantitative estimate of drug-likeness (QED) is 0.752. The molecule has 3 aromatic rings. The second-order valence-corrected chi connectivity index (χ2v) is 5.59. The van der Waals surface area contributed by atoms with Crippen molar-refractivity contribution in [3.63, 3.8) is 0 Å². The van der Waals surface area contributed by atoms with Crippen LogP contribution >= 0.6 is 0 Å². The van der Waals surface area contributed by atoms with Gasteiger partial charge in [-0.3, -0.25) is 9.59 Å². The standard InChI is InChI=1S/C20H17FN2O2/c21-18-9-5-4-8-15(18)10-11-22-19(24)16-12-17(20(25)23-13-16)14-6-2-1-3-7-14/h1-9,12-13H,10-11H2,(H,22,24)(H,23,25). The van der Waals surface area contributed by atoms with Gasteiger partial charge in [0.15, 0.2) is 0 Å². The molecule has 126 valence electrons. The summed E-state index contributed by atoms with van der Waals surface area (Å²) in [6.07, 6.45) is 1.78. The highest BCUT2D eigenvalue weighted by molar-refractivity contribution is 5.95. The lowest BCUT2D eigenvalue weighted by molar-refractivity contribution is 0.0953. The molecule has 4 nitrogen and oxygen atoms in total. The van der Waals surface area contributed by atoms with E-state index in [-0.39, 0.29) is 17.3 Å². The molecule has 5 heteroatoms. The molecule has 0 unspecified atom stereocenters. The summed E-state index contributed by atoms with van der Waals surface area (Å²) < 4.78 is 13.6. The summed E-state index contributed by atoms with van der Waals surface area (Å²) in [5, 5.41) is 2.75. The molecule has 0 spiro atoms. The van der Waals surface area contributed by atoms with E-state index >= 15 is 0 Å². The van der Waals surface area contributed by atoms with Gasteiger partial charge in [-0.25, -0.2) is 4.39 Å². The number of pyridine rings is 1. The Labute approximate surface area is 144 Å². The Bertz CT molecular complexity index is 936. The first kappa shape index (κ1) is 16.6. The topological polar surface area (TPSA) is 62.0 Å². The number of aromatic nitrogens is 1. The van der Waals surface area contributed by atoms with Crippen LogP contribution in [0, 0.1) is 5.82 Å². The largest absolute Gasteiger partial charge is 0.352 e. The van der Waals surface area contributed by atoms with Gasteiger partial charge in [-0.05, 0) is 29.7 Å². The molecule has 0 aliphatic rings.